The van der Waals surface area contributed by atoms with Crippen molar-refractivity contribution in [1.82, 2.24) is 15.1 Å². The number of hydrogen-bond donors (Lipinski definition) is 1. The van der Waals surface area contributed by atoms with Crippen molar-refractivity contribution in [2.45, 2.75) is 32.9 Å². The quantitative estimate of drug-likeness (QED) is 0.868. The maximum absolute atomic E-state index is 6.35. The molecule has 1 N–H and O–H groups in total. The molecule has 108 valence electrons. The van der Waals surface area contributed by atoms with Crippen molar-refractivity contribution in [3.63, 3.8) is 0 Å². The van der Waals surface area contributed by atoms with Crippen LogP contribution in [0.2, 0.25) is 5.02 Å². The zero-order valence-electron chi connectivity index (χ0n) is 12.0. The molecule has 0 spiro atoms. The fourth-order valence-corrected chi connectivity index (χ4v) is 2.93. The summed E-state index contributed by atoms with van der Waals surface area (Å²) in [5, 5.41) is 8.71. The van der Waals surface area contributed by atoms with E-state index in [2.05, 4.69) is 52.3 Å². The van der Waals surface area contributed by atoms with Crippen LogP contribution >= 0.6 is 27.5 Å². The number of nitrogens with zero attached hydrogens (tertiary/aromatic N) is 2. The lowest BCUT2D eigenvalue weighted by molar-refractivity contribution is 0.547. The molecule has 0 bridgehead atoms. The Balaban J connectivity index is 2.07. The van der Waals surface area contributed by atoms with Gasteiger partial charge in [0.25, 0.3) is 0 Å². The summed E-state index contributed by atoms with van der Waals surface area (Å²) in [5.41, 5.74) is 3.24. The van der Waals surface area contributed by atoms with E-state index in [4.69, 9.17) is 11.6 Å². The van der Waals surface area contributed by atoms with Crippen molar-refractivity contribution >= 4 is 27.5 Å². The molecular formula is C15H19BrClN3. The molecule has 2 aromatic rings. The lowest BCUT2D eigenvalue weighted by Crippen LogP contribution is -2.20. The Hall–Kier alpha value is -0.840. The molecule has 1 aromatic heterocycles. The van der Waals surface area contributed by atoms with Gasteiger partial charge in [-0.15, -0.1) is 0 Å². The van der Waals surface area contributed by atoms with Gasteiger partial charge in [0.2, 0.25) is 0 Å². The zero-order valence-corrected chi connectivity index (χ0v) is 14.3. The molecule has 1 heterocycles. The van der Waals surface area contributed by atoms with Crippen molar-refractivity contribution in [3.8, 4) is 0 Å². The lowest BCUT2D eigenvalue weighted by atomic mass is 10.1. The van der Waals surface area contributed by atoms with Gasteiger partial charge < -0.3 is 5.32 Å². The van der Waals surface area contributed by atoms with E-state index in [1.165, 1.54) is 5.56 Å². The molecule has 3 nitrogen and oxygen atoms in total. The van der Waals surface area contributed by atoms with Crippen LogP contribution in [-0.2, 0) is 20.0 Å². The summed E-state index contributed by atoms with van der Waals surface area (Å²) < 4.78 is 2.96. The van der Waals surface area contributed by atoms with E-state index in [-0.39, 0.29) is 6.04 Å². The van der Waals surface area contributed by atoms with E-state index in [1.54, 1.807) is 0 Å². The standard InChI is InChI=1S/C15H19BrClN3/c1-4-13-15(17)14(20(3)19-13)9-18-10(2)11-6-5-7-12(16)8-11/h5-8,10,18H,4,9H2,1-3H3. The van der Waals surface area contributed by atoms with Crippen molar-refractivity contribution in [2.24, 2.45) is 7.05 Å². The number of hydrogen-bond acceptors (Lipinski definition) is 2. The third-order valence-corrected chi connectivity index (χ3v) is 4.36. The van der Waals surface area contributed by atoms with Gasteiger partial charge in [0.05, 0.1) is 16.4 Å². The predicted octanol–water partition coefficient (Wildman–Crippen LogP) is 4.25. The Bertz CT molecular complexity index is 595. The van der Waals surface area contributed by atoms with Crippen LogP contribution < -0.4 is 5.32 Å². The molecule has 1 aromatic carbocycles. The third kappa shape index (κ3) is 3.43. The van der Waals surface area contributed by atoms with Crippen molar-refractivity contribution in [1.29, 1.82) is 0 Å². The summed E-state index contributed by atoms with van der Waals surface area (Å²) >= 11 is 9.85. The monoisotopic (exact) mass is 355 g/mol. The maximum Gasteiger partial charge on any atom is 0.0863 e. The molecule has 2 rings (SSSR count). The molecule has 20 heavy (non-hydrogen) atoms. The first kappa shape index (κ1) is 15.5. The van der Waals surface area contributed by atoms with Crippen LogP contribution in [0.15, 0.2) is 28.7 Å². The lowest BCUT2D eigenvalue weighted by Gasteiger charge is -2.15. The molecule has 1 unspecified atom stereocenters. The SMILES string of the molecule is CCc1nn(C)c(CNC(C)c2cccc(Br)c2)c1Cl. The van der Waals surface area contributed by atoms with Gasteiger partial charge >= 0.3 is 0 Å². The van der Waals surface area contributed by atoms with Crippen molar-refractivity contribution in [3.05, 3.63) is 50.7 Å². The van der Waals surface area contributed by atoms with Crippen LogP contribution in [0, 0.1) is 0 Å². The van der Waals surface area contributed by atoms with E-state index in [1.807, 2.05) is 23.9 Å². The Morgan fingerprint density at radius 3 is 2.80 bits per heavy atom. The maximum atomic E-state index is 6.35. The highest BCUT2D eigenvalue weighted by molar-refractivity contribution is 9.10. The number of halogens is 2. The molecule has 5 heteroatoms. The number of aryl methyl sites for hydroxylation is 2. The first-order valence-corrected chi connectivity index (χ1v) is 7.89. The van der Waals surface area contributed by atoms with Crippen LogP contribution in [0.4, 0.5) is 0 Å². The highest BCUT2D eigenvalue weighted by Gasteiger charge is 2.14. The third-order valence-electron chi connectivity index (χ3n) is 3.43. The Labute approximate surface area is 133 Å². The van der Waals surface area contributed by atoms with Gasteiger partial charge in [-0.05, 0) is 31.0 Å². The summed E-state index contributed by atoms with van der Waals surface area (Å²) in [6, 6.07) is 8.57. The second-order valence-electron chi connectivity index (χ2n) is 4.84. The van der Waals surface area contributed by atoms with E-state index in [0.717, 1.165) is 27.3 Å². The molecule has 0 aliphatic carbocycles. The van der Waals surface area contributed by atoms with E-state index < -0.39 is 0 Å². The molecule has 0 radical (unpaired) electrons. The topological polar surface area (TPSA) is 29.9 Å². The second kappa shape index (κ2) is 6.74. The van der Waals surface area contributed by atoms with Gasteiger partial charge in [-0.25, -0.2) is 0 Å². The fourth-order valence-electron chi connectivity index (χ4n) is 2.16. The van der Waals surface area contributed by atoms with Crippen LogP contribution in [-0.4, -0.2) is 9.78 Å². The number of aromatic nitrogens is 2. The van der Waals surface area contributed by atoms with Crippen molar-refractivity contribution < 1.29 is 0 Å². The number of benzene rings is 1. The second-order valence-corrected chi connectivity index (χ2v) is 6.14. The zero-order chi connectivity index (χ0) is 14.7. The summed E-state index contributed by atoms with van der Waals surface area (Å²) in [5.74, 6) is 0. The first-order chi connectivity index (χ1) is 9.52. The molecule has 0 aliphatic heterocycles. The molecule has 1 atom stereocenters. The normalized spacial score (nSPS) is 12.7. The Kier molecular flexibility index (Phi) is 5.24. The minimum absolute atomic E-state index is 0.253. The number of nitrogens with one attached hydrogen (secondary N) is 1. The van der Waals surface area contributed by atoms with Gasteiger partial charge in [-0.3, -0.25) is 4.68 Å². The first-order valence-electron chi connectivity index (χ1n) is 6.72. The number of rotatable bonds is 5. The van der Waals surface area contributed by atoms with Gasteiger partial charge in [0, 0.05) is 24.1 Å². The van der Waals surface area contributed by atoms with E-state index >= 15 is 0 Å². The van der Waals surface area contributed by atoms with Gasteiger partial charge in [0.1, 0.15) is 0 Å². The highest BCUT2D eigenvalue weighted by atomic mass is 79.9. The molecule has 0 fully saturated rings. The largest absolute Gasteiger partial charge is 0.305 e. The Morgan fingerprint density at radius 2 is 2.20 bits per heavy atom. The Morgan fingerprint density at radius 1 is 1.45 bits per heavy atom. The van der Waals surface area contributed by atoms with Gasteiger partial charge in [0.15, 0.2) is 0 Å². The van der Waals surface area contributed by atoms with Crippen LogP contribution in [0.25, 0.3) is 0 Å². The van der Waals surface area contributed by atoms with Crippen LogP contribution in [0.3, 0.4) is 0 Å². The van der Waals surface area contributed by atoms with E-state index in [9.17, 15) is 0 Å². The average Bonchev–Trinajstić information content (AvgIpc) is 2.71. The summed E-state index contributed by atoms with van der Waals surface area (Å²) in [7, 11) is 1.94. The molecule has 0 aliphatic rings. The molecule has 0 amide bonds. The summed E-state index contributed by atoms with van der Waals surface area (Å²) in [6.45, 7) is 4.92. The van der Waals surface area contributed by atoms with Crippen LogP contribution in [0.1, 0.15) is 36.8 Å². The summed E-state index contributed by atoms with van der Waals surface area (Å²) in [6.07, 6.45) is 0.855. The predicted molar refractivity (Wildman–Crippen MR) is 87.0 cm³/mol. The smallest absolute Gasteiger partial charge is 0.0863 e. The highest BCUT2D eigenvalue weighted by Crippen LogP contribution is 2.22. The van der Waals surface area contributed by atoms with Gasteiger partial charge in [-0.1, -0.05) is 46.6 Å². The molecule has 0 saturated carbocycles. The minimum atomic E-state index is 0.253. The molecular weight excluding hydrogens is 338 g/mol. The average molecular weight is 357 g/mol. The minimum Gasteiger partial charge on any atom is -0.305 e. The fraction of sp³-hybridized carbons (Fsp3) is 0.400. The van der Waals surface area contributed by atoms with Crippen molar-refractivity contribution in [2.75, 3.05) is 0 Å². The van der Waals surface area contributed by atoms with Crippen LogP contribution in [0.5, 0.6) is 0 Å². The summed E-state index contributed by atoms with van der Waals surface area (Å²) in [4.78, 5) is 0. The molecule has 0 saturated heterocycles. The van der Waals surface area contributed by atoms with E-state index in [0.29, 0.717) is 6.54 Å². The van der Waals surface area contributed by atoms with Gasteiger partial charge in [-0.2, -0.15) is 5.10 Å².